The van der Waals surface area contributed by atoms with Crippen molar-refractivity contribution in [3.63, 3.8) is 0 Å². The number of nitrogens with zero attached hydrogens (tertiary/aromatic N) is 2. The van der Waals surface area contributed by atoms with Crippen molar-refractivity contribution in [1.29, 1.82) is 0 Å². The summed E-state index contributed by atoms with van der Waals surface area (Å²) >= 11 is 0. The predicted molar refractivity (Wildman–Crippen MR) is 39.4 cm³/mol. The lowest BCUT2D eigenvalue weighted by Gasteiger charge is -1.90. The van der Waals surface area contributed by atoms with Crippen LogP contribution in [0, 0.1) is 6.57 Å². The molecule has 0 saturated heterocycles. The van der Waals surface area contributed by atoms with E-state index in [1.165, 1.54) is 5.56 Å². The maximum Gasteiger partial charge on any atom is 0.218 e. The molecule has 0 aliphatic carbocycles. The third kappa shape index (κ3) is 1.87. The van der Waals surface area contributed by atoms with E-state index >= 15 is 0 Å². The summed E-state index contributed by atoms with van der Waals surface area (Å²) in [7, 11) is 0. The van der Waals surface area contributed by atoms with Gasteiger partial charge in [-0.25, -0.2) is 6.57 Å². The van der Waals surface area contributed by atoms with E-state index in [9.17, 15) is 0 Å². The third-order valence-corrected chi connectivity index (χ3v) is 1.26. The molecule has 0 bridgehead atoms. The zero-order valence-corrected chi connectivity index (χ0v) is 5.62. The zero-order valence-electron chi connectivity index (χ0n) is 5.62. The van der Waals surface area contributed by atoms with Gasteiger partial charge in [0.05, 0.1) is 0 Å². The molecular weight excluding hydrogens is 124 g/mol. The number of hydrogen-bond donors (Lipinski definition) is 0. The fraction of sp³-hybridized carbons (Fsp3) is 0.250. The second-order valence-electron chi connectivity index (χ2n) is 1.99. The Labute approximate surface area is 60.3 Å². The van der Waals surface area contributed by atoms with Gasteiger partial charge in [0.2, 0.25) is 6.54 Å². The molecule has 0 fully saturated rings. The second-order valence-corrected chi connectivity index (χ2v) is 1.99. The van der Waals surface area contributed by atoms with Crippen LogP contribution in [0.2, 0.25) is 0 Å². The van der Waals surface area contributed by atoms with Crippen molar-refractivity contribution in [3.05, 3.63) is 41.5 Å². The maximum atomic E-state index is 6.56. The fourth-order valence-electron chi connectivity index (χ4n) is 0.734. The molecule has 0 aliphatic heterocycles. The van der Waals surface area contributed by atoms with E-state index in [4.69, 9.17) is 6.57 Å². The number of hydrogen-bond acceptors (Lipinski definition) is 1. The molecule has 2 nitrogen and oxygen atoms in total. The van der Waals surface area contributed by atoms with Gasteiger partial charge in [-0.15, -0.1) is 0 Å². The smallest absolute Gasteiger partial charge is 0.218 e. The summed E-state index contributed by atoms with van der Waals surface area (Å²) < 4.78 is 0. The summed E-state index contributed by atoms with van der Waals surface area (Å²) in [5, 5.41) is 0. The Hall–Kier alpha value is -1.36. The van der Waals surface area contributed by atoms with Crippen molar-refractivity contribution in [2.24, 2.45) is 0 Å². The third-order valence-electron chi connectivity index (χ3n) is 1.26. The topological polar surface area (TPSA) is 17.2 Å². The van der Waals surface area contributed by atoms with Gasteiger partial charge in [-0.3, -0.25) is 4.98 Å². The Balaban J connectivity index is 2.52. The first-order chi connectivity index (χ1) is 4.93. The van der Waals surface area contributed by atoms with Crippen LogP contribution in [0.4, 0.5) is 0 Å². The van der Waals surface area contributed by atoms with E-state index in [1.807, 2.05) is 12.1 Å². The van der Waals surface area contributed by atoms with Crippen LogP contribution < -0.4 is 0 Å². The first kappa shape index (κ1) is 6.76. The summed E-state index contributed by atoms with van der Waals surface area (Å²) in [6.07, 6.45) is 4.34. The van der Waals surface area contributed by atoms with Crippen molar-refractivity contribution in [1.82, 2.24) is 4.98 Å². The standard InChI is InChI=1S/C8H8N2/c1-9-5-2-8-3-6-10-7-4-8/h3-4,6-7H,2,5H2. The van der Waals surface area contributed by atoms with Gasteiger partial charge in [0.15, 0.2) is 0 Å². The molecule has 0 atom stereocenters. The van der Waals surface area contributed by atoms with Gasteiger partial charge in [-0.05, 0) is 17.7 Å². The SMILES string of the molecule is [C-]#[N+]CCc1ccncc1. The van der Waals surface area contributed by atoms with Crippen LogP contribution in [0.1, 0.15) is 5.56 Å². The highest BCUT2D eigenvalue weighted by molar-refractivity contribution is 5.10. The first-order valence-electron chi connectivity index (χ1n) is 3.15. The van der Waals surface area contributed by atoms with Gasteiger partial charge in [-0.1, -0.05) is 0 Å². The average Bonchev–Trinajstić information content (AvgIpc) is 2.03. The van der Waals surface area contributed by atoms with Crippen molar-refractivity contribution >= 4 is 0 Å². The molecule has 0 aliphatic rings. The summed E-state index contributed by atoms with van der Waals surface area (Å²) in [6, 6.07) is 3.87. The van der Waals surface area contributed by atoms with Crippen LogP contribution in [0.15, 0.2) is 24.5 Å². The van der Waals surface area contributed by atoms with Crippen molar-refractivity contribution in [3.8, 4) is 0 Å². The molecule has 0 amide bonds. The van der Waals surface area contributed by atoms with Crippen LogP contribution in [-0.4, -0.2) is 11.5 Å². The van der Waals surface area contributed by atoms with Gasteiger partial charge in [0, 0.05) is 18.8 Å². The van der Waals surface area contributed by atoms with Gasteiger partial charge in [-0.2, -0.15) is 0 Å². The fourth-order valence-corrected chi connectivity index (χ4v) is 0.734. The Morgan fingerprint density at radius 2 is 2.10 bits per heavy atom. The van der Waals surface area contributed by atoms with Crippen LogP contribution in [-0.2, 0) is 6.42 Å². The highest BCUT2D eigenvalue weighted by Gasteiger charge is 1.90. The monoisotopic (exact) mass is 132 g/mol. The second kappa shape index (κ2) is 3.62. The number of rotatable bonds is 2. The Morgan fingerprint density at radius 3 is 2.70 bits per heavy atom. The van der Waals surface area contributed by atoms with E-state index in [0.717, 1.165) is 6.42 Å². The van der Waals surface area contributed by atoms with Gasteiger partial charge in [0.1, 0.15) is 0 Å². The molecule has 1 aromatic rings. The lowest BCUT2D eigenvalue weighted by molar-refractivity contribution is 1.07. The summed E-state index contributed by atoms with van der Waals surface area (Å²) in [5.74, 6) is 0. The van der Waals surface area contributed by atoms with Crippen molar-refractivity contribution in [2.45, 2.75) is 6.42 Å². The van der Waals surface area contributed by atoms with Gasteiger partial charge >= 0.3 is 0 Å². The van der Waals surface area contributed by atoms with Crippen molar-refractivity contribution < 1.29 is 0 Å². The van der Waals surface area contributed by atoms with E-state index < -0.39 is 0 Å². The Kier molecular flexibility index (Phi) is 2.45. The van der Waals surface area contributed by atoms with E-state index in [1.54, 1.807) is 12.4 Å². The van der Waals surface area contributed by atoms with Crippen LogP contribution >= 0.6 is 0 Å². The maximum absolute atomic E-state index is 6.56. The minimum absolute atomic E-state index is 0.573. The van der Waals surface area contributed by atoms with E-state index in [-0.39, 0.29) is 0 Å². The van der Waals surface area contributed by atoms with Crippen LogP contribution in [0.5, 0.6) is 0 Å². The van der Waals surface area contributed by atoms with Gasteiger partial charge in [0.25, 0.3) is 0 Å². The molecule has 0 saturated carbocycles. The zero-order chi connectivity index (χ0) is 7.23. The largest absolute Gasteiger partial charge is 0.317 e. The number of aromatic nitrogens is 1. The quantitative estimate of drug-likeness (QED) is 0.558. The highest BCUT2D eigenvalue weighted by Crippen LogP contribution is 1.96. The normalized spacial score (nSPS) is 8.70. The van der Waals surface area contributed by atoms with Crippen molar-refractivity contribution in [2.75, 3.05) is 6.54 Å². The van der Waals surface area contributed by atoms with Crippen LogP contribution in [0.3, 0.4) is 0 Å². The van der Waals surface area contributed by atoms with Crippen LogP contribution in [0.25, 0.3) is 4.85 Å². The molecule has 0 N–H and O–H groups in total. The van der Waals surface area contributed by atoms with E-state index in [0.29, 0.717) is 6.54 Å². The highest BCUT2D eigenvalue weighted by atomic mass is 14.6. The molecule has 0 unspecified atom stereocenters. The lowest BCUT2D eigenvalue weighted by Crippen LogP contribution is -1.86. The molecular formula is C8H8N2. The molecule has 0 radical (unpaired) electrons. The Morgan fingerprint density at radius 1 is 1.40 bits per heavy atom. The molecule has 50 valence electrons. The average molecular weight is 132 g/mol. The first-order valence-corrected chi connectivity index (χ1v) is 3.15. The van der Waals surface area contributed by atoms with Gasteiger partial charge < -0.3 is 4.85 Å². The summed E-state index contributed by atoms with van der Waals surface area (Å²) in [4.78, 5) is 7.14. The summed E-state index contributed by atoms with van der Waals surface area (Å²) in [6.45, 7) is 7.13. The molecule has 10 heavy (non-hydrogen) atoms. The minimum Gasteiger partial charge on any atom is -0.317 e. The molecule has 1 heterocycles. The summed E-state index contributed by atoms with van der Waals surface area (Å²) in [5.41, 5.74) is 1.19. The molecule has 0 spiro atoms. The molecule has 1 aromatic heterocycles. The Bertz CT molecular complexity index is 223. The molecule has 1 rings (SSSR count). The molecule has 2 heteroatoms. The lowest BCUT2D eigenvalue weighted by atomic mass is 10.2. The molecule has 0 aromatic carbocycles. The van der Waals surface area contributed by atoms with E-state index in [2.05, 4.69) is 9.83 Å². The number of pyridine rings is 1. The predicted octanol–water partition coefficient (Wildman–Crippen LogP) is 1.54. The minimum atomic E-state index is 0.573.